The SMILES string of the molecule is O=C(c1ccc(CN(Cc2ccc(OCCCN3CCCCC3)cc2)Cc2ccccn2)cc1)N1CCc2ccc(O)cc2C1. The summed E-state index contributed by atoms with van der Waals surface area (Å²) in [6, 6.07) is 27.9. The van der Waals surface area contributed by atoms with E-state index in [9.17, 15) is 9.90 Å². The molecule has 0 radical (unpaired) electrons. The Morgan fingerprint density at radius 2 is 1.58 bits per heavy atom. The van der Waals surface area contributed by atoms with Crippen LogP contribution in [-0.2, 0) is 32.6 Å². The number of phenols is 1. The fraction of sp³-hybridized carbons (Fsp3) is 0.368. The van der Waals surface area contributed by atoms with E-state index in [0.29, 0.717) is 18.7 Å². The first-order valence-electron chi connectivity index (χ1n) is 16.3. The van der Waals surface area contributed by atoms with E-state index < -0.39 is 0 Å². The van der Waals surface area contributed by atoms with Gasteiger partial charge in [0.2, 0.25) is 0 Å². The van der Waals surface area contributed by atoms with Gasteiger partial charge in [-0.1, -0.05) is 42.8 Å². The molecule has 0 bridgehead atoms. The summed E-state index contributed by atoms with van der Waals surface area (Å²) < 4.78 is 6.05. The molecule has 0 spiro atoms. The van der Waals surface area contributed by atoms with Crippen molar-refractivity contribution in [1.82, 2.24) is 19.7 Å². The number of rotatable bonds is 12. The largest absolute Gasteiger partial charge is 0.508 e. The highest BCUT2D eigenvalue weighted by atomic mass is 16.5. The minimum atomic E-state index is 0.0229. The number of carbonyl (C=O) groups excluding carboxylic acids is 1. The van der Waals surface area contributed by atoms with Crippen LogP contribution in [0, 0.1) is 0 Å². The Morgan fingerprint density at radius 3 is 2.31 bits per heavy atom. The normalized spacial score (nSPS) is 15.2. The molecule has 0 unspecified atom stereocenters. The average Bonchev–Trinajstić information content (AvgIpc) is 3.08. The Bertz CT molecular complexity index is 1520. The summed E-state index contributed by atoms with van der Waals surface area (Å²) in [4.78, 5) is 24.7. The van der Waals surface area contributed by atoms with Crippen LogP contribution in [0.2, 0.25) is 0 Å². The number of pyridine rings is 1. The number of likely N-dealkylation sites (tertiary alicyclic amines) is 1. The third-order valence-electron chi connectivity index (χ3n) is 8.87. The quantitative estimate of drug-likeness (QED) is 0.188. The molecule has 45 heavy (non-hydrogen) atoms. The summed E-state index contributed by atoms with van der Waals surface area (Å²) in [7, 11) is 0. The second kappa shape index (κ2) is 15.2. The van der Waals surface area contributed by atoms with Gasteiger partial charge in [-0.25, -0.2) is 0 Å². The number of carbonyl (C=O) groups is 1. The second-order valence-electron chi connectivity index (χ2n) is 12.3. The molecule has 4 aromatic rings. The Hall–Kier alpha value is -4.20. The molecule has 0 saturated carbocycles. The van der Waals surface area contributed by atoms with E-state index in [1.54, 1.807) is 12.1 Å². The summed E-state index contributed by atoms with van der Waals surface area (Å²) >= 11 is 0. The van der Waals surface area contributed by atoms with Crippen LogP contribution < -0.4 is 4.74 Å². The molecule has 6 rings (SSSR count). The first kappa shape index (κ1) is 30.8. The first-order valence-corrected chi connectivity index (χ1v) is 16.3. The minimum absolute atomic E-state index is 0.0229. The summed E-state index contributed by atoms with van der Waals surface area (Å²) in [6.45, 7) is 7.74. The monoisotopic (exact) mass is 604 g/mol. The molecule has 0 aliphatic carbocycles. The van der Waals surface area contributed by atoms with E-state index in [4.69, 9.17) is 4.74 Å². The molecule has 3 heterocycles. The highest BCUT2D eigenvalue weighted by Crippen LogP contribution is 2.25. The van der Waals surface area contributed by atoms with Gasteiger partial charge in [-0.05, 0) is 110 Å². The van der Waals surface area contributed by atoms with Gasteiger partial charge in [-0.15, -0.1) is 0 Å². The molecule has 7 nitrogen and oxygen atoms in total. The zero-order chi connectivity index (χ0) is 30.8. The lowest BCUT2D eigenvalue weighted by molar-refractivity contribution is 0.0734. The van der Waals surface area contributed by atoms with Gasteiger partial charge in [0, 0.05) is 51.0 Å². The number of ether oxygens (including phenoxy) is 1. The van der Waals surface area contributed by atoms with E-state index in [2.05, 4.69) is 57.2 Å². The van der Waals surface area contributed by atoms with Crippen LogP contribution in [0.15, 0.2) is 91.1 Å². The van der Waals surface area contributed by atoms with Gasteiger partial charge in [0.25, 0.3) is 5.91 Å². The highest BCUT2D eigenvalue weighted by Gasteiger charge is 2.22. The van der Waals surface area contributed by atoms with Crippen LogP contribution >= 0.6 is 0 Å². The number of piperidine rings is 1. The number of benzene rings is 3. The zero-order valence-corrected chi connectivity index (χ0v) is 26.1. The van der Waals surface area contributed by atoms with Crippen molar-refractivity contribution in [3.05, 3.63) is 125 Å². The lowest BCUT2D eigenvalue weighted by Crippen LogP contribution is -2.35. The van der Waals surface area contributed by atoms with Crippen molar-refractivity contribution < 1.29 is 14.6 Å². The lowest BCUT2D eigenvalue weighted by Gasteiger charge is -2.29. The second-order valence-corrected chi connectivity index (χ2v) is 12.3. The van der Waals surface area contributed by atoms with Crippen molar-refractivity contribution in [2.75, 3.05) is 32.8 Å². The van der Waals surface area contributed by atoms with Crippen molar-refractivity contribution in [3.8, 4) is 11.5 Å². The summed E-state index contributed by atoms with van der Waals surface area (Å²) in [6.07, 6.45) is 7.72. The molecule has 2 aliphatic heterocycles. The maximum absolute atomic E-state index is 13.3. The Balaban J connectivity index is 1.05. The predicted molar refractivity (Wildman–Crippen MR) is 177 cm³/mol. The molecule has 7 heteroatoms. The van der Waals surface area contributed by atoms with Crippen molar-refractivity contribution in [2.24, 2.45) is 0 Å². The molecular formula is C38H44N4O3. The van der Waals surface area contributed by atoms with Gasteiger partial charge >= 0.3 is 0 Å². The van der Waals surface area contributed by atoms with Crippen LogP contribution in [0.25, 0.3) is 0 Å². The maximum atomic E-state index is 13.3. The molecule has 0 atom stereocenters. The van der Waals surface area contributed by atoms with Gasteiger partial charge in [-0.2, -0.15) is 0 Å². The summed E-state index contributed by atoms with van der Waals surface area (Å²) in [5.74, 6) is 1.18. The molecule has 1 aromatic heterocycles. The molecule has 234 valence electrons. The smallest absolute Gasteiger partial charge is 0.254 e. The topological polar surface area (TPSA) is 69.1 Å². The predicted octanol–water partition coefficient (Wildman–Crippen LogP) is 6.44. The number of nitrogens with zero attached hydrogens (tertiary/aromatic N) is 4. The van der Waals surface area contributed by atoms with Crippen LogP contribution in [0.4, 0.5) is 0 Å². The van der Waals surface area contributed by atoms with Crippen molar-refractivity contribution in [3.63, 3.8) is 0 Å². The maximum Gasteiger partial charge on any atom is 0.254 e. The zero-order valence-electron chi connectivity index (χ0n) is 26.1. The number of fused-ring (bicyclic) bond motifs is 1. The lowest BCUT2D eigenvalue weighted by atomic mass is 9.98. The third-order valence-corrected chi connectivity index (χ3v) is 8.87. The number of phenolic OH excluding ortho intramolecular Hbond substituents is 1. The van der Waals surface area contributed by atoms with Crippen LogP contribution in [0.3, 0.4) is 0 Å². The van der Waals surface area contributed by atoms with Crippen molar-refractivity contribution >= 4 is 5.91 Å². The van der Waals surface area contributed by atoms with Gasteiger partial charge in [0.05, 0.1) is 12.3 Å². The molecule has 1 saturated heterocycles. The number of hydrogen-bond acceptors (Lipinski definition) is 6. The summed E-state index contributed by atoms with van der Waals surface area (Å²) in [5.41, 5.74) is 6.29. The molecule has 1 N–H and O–H groups in total. The Labute approximate surface area is 267 Å². The van der Waals surface area contributed by atoms with E-state index in [-0.39, 0.29) is 11.7 Å². The van der Waals surface area contributed by atoms with E-state index in [1.807, 2.05) is 41.4 Å². The third kappa shape index (κ3) is 8.71. The highest BCUT2D eigenvalue weighted by molar-refractivity contribution is 5.94. The molecule has 1 amide bonds. The van der Waals surface area contributed by atoms with E-state index in [0.717, 1.165) is 68.2 Å². The van der Waals surface area contributed by atoms with E-state index in [1.165, 1.54) is 43.5 Å². The van der Waals surface area contributed by atoms with Crippen LogP contribution in [-0.4, -0.2) is 63.5 Å². The molecule has 2 aliphatic rings. The van der Waals surface area contributed by atoms with E-state index >= 15 is 0 Å². The number of aromatic hydroxyl groups is 1. The molecule has 3 aromatic carbocycles. The Morgan fingerprint density at radius 1 is 0.822 bits per heavy atom. The Kier molecular flexibility index (Phi) is 10.4. The molecule has 1 fully saturated rings. The fourth-order valence-corrected chi connectivity index (χ4v) is 6.41. The average molecular weight is 605 g/mol. The first-order chi connectivity index (χ1) is 22.1. The van der Waals surface area contributed by atoms with Gasteiger partial charge in [0.15, 0.2) is 0 Å². The summed E-state index contributed by atoms with van der Waals surface area (Å²) in [5, 5.41) is 9.89. The minimum Gasteiger partial charge on any atom is -0.508 e. The van der Waals surface area contributed by atoms with Gasteiger partial charge in [0.1, 0.15) is 11.5 Å². The van der Waals surface area contributed by atoms with Crippen molar-refractivity contribution in [1.29, 1.82) is 0 Å². The fourth-order valence-electron chi connectivity index (χ4n) is 6.41. The number of hydrogen-bond donors (Lipinski definition) is 1. The van der Waals surface area contributed by atoms with Crippen LogP contribution in [0.5, 0.6) is 11.5 Å². The van der Waals surface area contributed by atoms with Gasteiger partial charge < -0.3 is 19.6 Å². The standard InChI is InChI=1S/C38H44N4O3/c43-36-15-14-32-18-23-42(28-34(32)25-36)38(44)33-12-8-30(9-13-33)26-41(29-35-7-2-3-19-39-35)27-31-10-16-37(17-11-31)45-24-6-22-40-20-4-1-5-21-40/h2-3,7-17,19,25,43H,1,4-6,18,20-24,26-29H2. The molecular weight excluding hydrogens is 560 g/mol. The number of amides is 1. The number of aromatic nitrogens is 1. The van der Waals surface area contributed by atoms with Gasteiger partial charge in [-0.3, -0.25) is 14.7 Å². The van der Waals surface area contributed by atoms with Crippen molar-refractivity contribution in [2.45, 2.75) is 58.3 Å². The van der Waals surface area contributed by atoms with Crippen LogP contribution in [0.1, 0.15) is 64.0 Å².